The first kappa shape index (κ1) is 27.5. The van der Waals surface area contributed by atoms with Crippen LogP contribution in [0.25, 0.3) is 11.1 Å². The molecule has 41 heavy (non-hydrogen) atoms. The number of nitrogens with zero attached hydrogens (tertiary/aromatic N) is 2. The van der Waals surface area contributed by atoms with E-state index in [9.17, 15) is 9.90 Å². The maximum Gasteiger partial charge on any atom is 0.303 e. The summed E-state index contributed by atoms with van der Waals surface area (Å²) in [4.78, 5) is 16.4. The van der Waals surface area contributed by atoms with E-state index in [-0.39, 0.29) is 12.3 Å². The van der Waals surface area contributed by atoms with E-state index in [1.165, 1.54) is 35.3 Å². The van der Waals surface area contributed by atoms with E-state index < -0.39 is 5.97 Å². The predicted octanol–water partition coefficient (Wildman–Crippen LogP) is 7.23. The largest absolute Gasteiger partial charge is 0.497 e. The highest BCUT2D eigenvalue weighted by atomic mass is 16.5. The molecular weight excluding hydrogens is 512 g/mol. The van der Waals surface area contributed by atoms with Crippen LogP contribution in [0.5, 0.6) is 11.5 Å². The Bertz CT molecular complexity index is 1320. The number of carbonyl (C=O) groups is 1. The van der Waals surface area contributed by atoms with Crippen molar-refractivity contribution in [2.24, 2.45) is 11.8 Å². The van der Waals surface area contributed by atoms with Gasteiger partial charge in [0.2, 0.25) is 0 Å². The van der Waals surface area contributed by atoms with Crippen molar-refractivity contribution >= 4 is 17.3 Å². The minimum absolute atomic E-state index is 0.0905. The lowest BCUT2D eigenvalue weighted by Gasteiger charge is -2.35. The van der Waals surface area contributed by atoms with Gasteiger partial charge in [-0.3, -0.25) is 4.79 Å². The van der Waals surface area contributed by atoms with Crippen molar-refractivity contribution in [3.8, 4) is 22.6 Å². The molecule has 216 valence electrons. The molecule has 1 saturated carbocycles. The summed E-state index contributed by atoms with van der Waals surface area (Å²) in [6, 6.07) is 23.6. The zero-order valence-electron chi connectivity index (χ0n) is 24.1. The van der Waals surface area contributed by atoms with Crippen LogP contribution in [0.2, 0.25) is 0 Å². The highest BCUT2D eigenvalue weighted by molar-refractivity contribution is 5.81. The zero-order chi connectivity index (χ0) is 28.2. The quantitative estimate of drug-likeness (QED) is 0.270. The van der Waals surface area contributed by atoms with E-state index >= 15 is 0 Å². The van der Waals surface area contributed by atoms with Crippen molar-refractivity contribution < 1.29 is 19.4 Å². The topological polar surface area (TPSA) is 62.2 Å². The third-order valence-corrected chi connectivity index (χ3v) is 9.17. The third-order valence-electron chi connectivity index (χ3n) is 9.17. The van der Waals surface area contributed by atoms with Gasteiger partial charge in [0.1, 0.15) is 11.5 Å². The first-order valence-electron chi connectivity index (χ1n) is 15.3. The van der Waals surface area contributed by atoms with Crippen LogP contribution < -0.4 is 19.3 Å². The maximum absolute atomic E-state index is 11.4. The summed E-state index contributed by atoms with van der Waals surface area (Å²) in [5.74, 6) is 2.09. The van der Waals surface area contributed by atoms with Crippen molar-refractivity contribution in [1.82, 2.24) is 0 Å². The molecule has 1 aliphatic carbocycles. The second-order valence-electron chi connectivity index (χ2n) is 12.0. The summed E-state index contributed by atoms with van der Waals surface area (Å²) in [5, 5.41) is 9.39. The van der Waals surface area contributed by atoms with Crippen LogP contribution in [-0.2, 0) is 4.79 Å². The monoisotopic (exact) mass is 554 g/mol. The van der Waals surface area contributed by atoms with Crippen molar-refractivity contribution in [3.05, 3.63) is 72.3 Å². The molecule has 3 aromatic carbocycles. The highest BCUT2D eigenvalue weighted by Gasteiger charge is 2.34. The molecular formula is C35H42N2O4. The number of piperidine rings is 1. The highest BCUT2D eigenvalue weighted by Crippen LogP contribution is 2.45. The fourth-order valence-electron chi connectivity index (χ4n) is 6.60. The molecule has 3 aliphatic rings. The Morgan fingerprint density at radius 2 is 1.63 bits per heavy atom. The predicted molar refractivity (Wildman–Crippen MR) is 164 cm³/mol. The Morgan fingerprint density at radius 3 is 2.32 bits per heavy atom. The number of ether oxygens (including phenoxy) is 2. The minimum Gasteiger partial charge on any atom is -0.497 e. The van der Waals surface area contributed by atoms with Crippen LogP contribution in [0.3, 0.4) is 0 Å². The normalized spacial score (nSPS) is 18.4. The SMILES string of the molecule is COc1ccc(-c2ccc(N3CCCC3)cc2)c(N2CCC(COc3cccc(C(CC(=O)O)C4CC4)c3)CC2)c1. The number of methoxy groups -OCH3 is 1. The molecule has 2 saturated heterocycles. The lowest BCUT2D eigenvalue weighted by atomic mass is 9.91. The van der Waals surface area contributed by atoms with Gasteiger partial charge in [-0.05, 0) is 104 Å². The second-order valence-corrected chi connectivity index (χ2v) is 12.0. The van der Waals surface area contributed by atoms with Crippen molar-refractivity contribution in [3.63, 3.8) is 0 Å². The number of aliphatic carboxylic acids is 1. The standard InChI is InChI=1S/C35H42N2O4/c1-40-30-13-14-32(26-9-11-29(12-10-26)36-17-2-3-18-36)34(22-30)37-19-15-25(16-20-37)24-41-31-6-4-5-28(21-31)33(23-35(38)39)27-7-8-27/h4-6,9-14,21-22,25,27,33H,2-3,7-8,15-20,23-24H2,1H3,(H,38,39). The summed E-state index contributed by atoms with van der Waals surface area (Å²) in [6.45, 7) is 4.95. The smallest absolute Gasteiger partial charge is 0.303 e. The van der Waals surface area contributed by atoms with E-state index in [0.29, 0.717) is 18.4 Å². The van der Waals surface area contributed by atoms with Gasteiger partial charge in [0.15, 0.2) is 0 Å². The average molecular weight is 555 g/mol. The van der Waals surface area contributed by atoms with E-state index in [2.05, 4.69) is 64.4 Å². The average Bonchev–Trinajstić information content (AvgIpc) is 3.71. The van der Waals surface area contributed by atoms with Gasteiger partial charge in [-0.15, -0.1) is 0 Å². The van der Waals surface area contributed by atoms with Gasteiger partial charge >= 0.3 is 5.97 Å². The Morgan fingerprint density at radius 1 is 0.878 bits per heavy atom. The van der Waals surface area contributed by atoms with Crippen LogP contribution in [0.1, 0.15) is 56.4 Å². The number of anilines is 2. The van der Waals surface area contributed by atoms with E-state index in [4.69, 9.17) is 9.47 Å². The molecule has 2 aliphatic heterocycles. The summed E-state index contributed by atoms with van der Waals surface area (Å²) in [5.41, 5.74) is 6.13. The summed E-state index contributed by atoms with van der Waals surface area (Å²) in [6.07, 6.45) is 7.14. The molecule has 6 rings (SSSR count). The molecule has 3 fully saturated rings. The molecule has 1 atom stereocenters. The first-order chi connectivity index (χ1) is 20.1. The number of benzene rings is 3. The van der Waals surface area contributed by atoms with Crippen LogP contribution >= 0.6 is 0 Å². The van der Waals surface area contributed by atoms with Crippen LogP contribution in [0.4, 0.5) is 11.4 Å². The van der Waals surface area contributed by atoms with Gasteiger partial charge in [0, 0.05) is 49.2 Å². The van der Waals surface area contributed by atoms with Crippen LogP contribution in [0, 0.1) is 11.8 Å². The van der Waals surface area contributed by atoms with E-state index in [1.54, 1.807) is 7.11 Å². The minimum atomic E-state index is -0.724. The zero-order valence-corrected chi connectivity index (χ0v) is 24.1. The Hall–Kier alpha value is -3.67. The molecule has 1 N–H and O–H groups in total. The van der Waals surface area contributed by atoms with Crippen LogP contribution in [-0.4, -0.2) is 51.0 Å². The fourth-order valence-corrected chi connectivity index (χ4v) is 6.60. The summed E-state index contributed by atoms with van der Waals surface area (Å²) >= 11 is 0. The number of carboxylic acids is 1. The molecule has 0 spiro atoms. The van der Waals surface area contributed by atoms with Gasteiger partial charge < -0.3 is 24.4 Å². The number of rotatable bonds is 11. The van der Waals surface area contributed by atoms with Gasteiger partial charge in [-0.2, -0.15) is 0 Å². The molecule has 6 heteroatoms. The van der Waals surface area contributed by atoms with Gasteiger partial charge in [-0.1, -0.05) is 24.3 Å². The van der Waals surface area contributed by atoms with Crippen molar-refractivity contribution in [2.45, 2.75) is 50.9 Å². The fraction of sp³-hybridized carbons (Fsp3) is 0.457. The molecule has 3 aromatic rings. The van der Waals surface area contributed by atoms with Gasteiger partial charge in [0.25, 0.3) is 0 Å². The van der Waals surface area contributed by atoms with Crippen molar-refractivity contribution in [2.75, 3.05) is 49.7 Å². The Kier molecular flexibility index (Phi) is 8.36. The first-order valence-corrected chi connectivity index (χ1v) is 15.3. The lowest BCUT2D eigenvalue weighted by Crippen LogP contribution is -2.35. The number of hydrogen-bond donors (Lipinski definition) is 1. The Labute approximate surface area is 243 Å². The molecule has 1 unspecified atom stereocenters. The van der Waals surface area contributed by atoms with Gasteiger partial charge in [-0.25, -0.2) is 0 Å². The van der Waals surface area contributed by atoms with Crippen LogP contribution in [0.15, 0.2) is 66.7 Å². The van der Waals surface area contributed by atoms with E-state index in [0.717, 1.165) is 68.9 Å². The second kappa shape index (κ2) is 12.5. The number of carboxylic acid groups (broad SMARTS) is 1. The summed E-state index contributed by atoms with van der Waals surface area (Å²) in [7, 11) is 1.73. The maximum atomic E-state index is 11.4. The van der Waals surface area contributed by atoms with E-state index in [1.807, 2.05) is 12.1 Å². The van der Waals surface area contributed by atoms with Crippen molar-refractivity contribution in [1.29, 1.82) is 0 Å². The molecule has 0 aromatic heterocycles. The summed E-state index contributed by atoms with van der Waals surface area (Å²) < 4.78 is 11.9. The van der Waals surface area contributed by atoms with Gasteiger partial charge in [0.05, 0.1) is 20.1 Å². The molecule has 6 nitrogen and oxygen atoms in total. The molecule has 0 bridgehead atoms. The third kappa shape index (κ3) is 6.64. The number of hydrogen-bond acceptors (Lipinski definition) is 5. The lowest BCUT2D eigenvalue weighted by molar-refractivity contribution is -0.137. The molecule has 2 heterocycles. The Balaban J connectivity index is 1.09. The molecule has 0 radical (unpaired) electrons. The molecule has 0 amide bonds.